The number of hydrogen-bond donors (Lipinski definition) is 1. The van der Waals surface area contributed by atoms with E-state index in [2.05, 4.69) is 22.3 Å². The Balaban J connectivity index is 1.46. The maximum absolute atomic E-state index is 13.5. The fourth-order valence-electron chi connectivity index (χ4n) is 4.49. The third-order valence-electron chi connectivity index (χ3n) is 6.07. The van der Waals surface area contributed by atoms with E-state index < -0.39 is 5.66 Å². The highest BCUT2D eigenvalue weighted by Gasteiger charge is 2.50. The lowest BCUT2D eigenvalue weighted by Gasteiger charge is -2.45. The highest BCUT2D eigenvalue weighted by molar-refractivity contribution is 5.80. The molecule has 1 fully saturated rings. The topological polar surface area (TPSA) is 72.1 Å². The van der Waals surface area contributed by atoms with E-state index in [-0.39, 0.29) is 17.6 Å². The van der Waals surface area contributed by atoms with Crippen LogP contribution in [0.3, 0.4) is 0 Å². The van der Waals surface area contributed by atoms with E-state index in [1.807, 2.05) is 41.3 Å². The third-order valence-corrected chi connectivity index (χ3v) is 6.07. The summed E-state index contributed by atoms with van der Waals surface area (Å²) in [6, 6.07) is 18.1. The van der Waals surface area contributed by atoms with E-state index in [0.717, 1.165) is 11.1 Å². The molecule has 1 amide bonds. The fourth-order valence-corrected chi connectivity index (χ4v) is 4.49. The van der Waals surface area contributed by atoms with Crippen molar-refractivity contribution in [3.05, 3.63) is 89.4 Å². The van der Waals surface area contributed by atoms with Gasteiger partial charge in [-0.1, -0.05) is 42.5 Å². The molecular formula is C24H21FN4O. The molecule has 2 atom stereocenters. The summed E-state index contributed by atoms with van der Waals surface area (Å²) in [5.74, 6) is -0.332. The van der Waals surface area contributed by atoms with Crippen LogP contribution >= 0.6 is 0 Å². The number of carbonyl (C=O) groups excluding carboxylic acids is 1. The molecule has 150 valence electrons. The molecule has 1 aromatic heterocycles. The van der Waals surface area contributed by atoms with Crippen LogP contribution in [0.25, 0.3) is 17.3 Å². The van der Waals surface area contributed by atoms with Gasteiger partial charge in [-0.05, 0) is 47.9 Å². The first-order chi connectivity index (χ1) is 14.5. The Morgan fingerprint density at radius 3 is 2.77 bits per heavy atom. The lowest BCUT2D eigenvalue weighted by molar-refractivity contribution is -0.132. The van der Waals surface area contributed by atoms with Gasteiger partial charge in [0.05, 0.1) is 11.4 Å². The van der Waals surface area contributed by atoms with Crippen LogP contribution in [0.5, 0.6) is 0 Å². The standard InChI is InChI=1S/C24H21FN4O/c25-18-6-3-5-16(14-18)22-11-9-19(27-28-22)8-10-21-20-7-2-1-4-17(20)15-29-23(30)12-13-24(21,29)26/h1-11,14,21H,12-13,15,26H2/b10-8+/t21?,24-/m1/s1. The minimum Gasteiger partial charge on any atom is -0.319 e. The molecule has 0 aliphatic carbocycles. The van der Waals surface area contributed by atoms with Crippen molar-refractivity contribution in [2.24, 2.45) is 5.73 Å². The number of nitrogens with two attached hydrogens (primary N) is 1. The molecule has 5 rings (SSSR count). The lowest BCUT2D eigenvalue weighted by atomic mass is 9.78. The second-order valence-corrected chi connectivity index (χ2v) is 7.86. The van der Waals surface area contributed by atoms with Gasteiger partial charge in [-0.25, -0.2) is 4.39 Å². The van der Waals surface area contributed by atoms with E-state index in [1.54, 1.807) is 12.1 Å². The number of rotatable bonds is 3. The molecule has 2 aliphatic rings. The van der Waals surface area contributed by atoms with E-state index in [4.69, 9.17) is 5.73 Å². The molecule has 3 heterocycles. The molecule has 0 radical (unpaired) electrons. The van der Waals surface area contributed by atoms with Crippen LogP contribution in [-0.4, -0.2) is 26.7 Å². The van der Waals surface area contributed by atoms with Gasteiger partial charge in [0.1, 0.15) is 11.5 Å². The second-order valence-electron chi connectivity index (χ2n) is 7.86. The van der Waals surface area contributed by atoms with Gasteiger partial charge in [-0.15, -0.1) is 5.10 Å². The molecule has 2 aliphatic heterocycles. The molecule has 5 nitrogen and oxygen atoms in total. The van der Waals surface area contributed by atoms with Crippen LogP contribution in [0.1, 0.15) is 35.6 Å². The van der Waals surface area contributed by atoms with Crippen LogP contribution in [-0.2, 0) is 11.3 Å². The molecule has 0 saturated carbocycles. The van der Waals surface area contributed by atoms with Gasteiger partial charge < -0.3 is 10.6 Å². The Morgan fingerprint density at radius 1 is 1.10 bits per heavy atom. The highest BCUT2D eigenvalue weighted by Crippen LogP contribution is 2.45. The maximum Gasteiger partial charge on any atom is 0.224 e. The van der Waals surface area contributed by atoms with Crippen LogP contribution in [0.15, 0.2) is 66.7 Å². The Morgan fingerprint density at radius 2 is 1.97 bits per heavy atom. The summed E-state index contributed by atoms with van der Waals surface area (Å²) in [5, 5.41) is 8.50. The van der Waals surface area contributed by atoms with Crippen molar-refractivity contribution in [3.63, 3.8) is 0 Å². The first-order valence-electron chi connectivity index (χ1n) is 10.00. The van der Waals surface area contributed by atoms with E-state index >= 15 is 0 Å². The van der Waals surface area contributed by atoms with Crippen molar-refractivity contribution in [1.29, 1.82) is 0 Å². The molecule has 0 spiro atoms. The summed E-state index contributed by atoms with van der Waals surface area (Å²) in [6.07, 6.45) is 5.01. The van der Waals surface area contributed by atoms with Gasteiger partial charge in [0.25, 0.3) is 0 Å². The number of fused-ring (bicyclic) bond motifs is 2. The Labute approximate surface area is 174 Å². The zero-order valence-electron chi connectivity index (χ0n) is 16.3. The van der Waals surface area contributed by atoms with Gasteiger partial charge in [0.15, 0.2) is 0 Å². The molecule has 30 heavy (non-hydrogen) atoms. The average molecular weight is 400 g/mol. The monoisotopic (exact) mass is 400 g/mol. The van der Waals surface area contributed by atoms with Crippen LogP contribution in [0.2, 0.25) is 0 Å². The van der Waals surface area contributed by atoms with Gasteiger partial charge in [0, 0.05) is 24.4 Å². The quantitative estimate of drug-likeness (QED) is 0.724. The van der Waals surface area contributed by atoms with Gasteiger partial charge in [-0.3, -0.25) is 4.79 Å². The molecule has 3 aromatic rings. The zero-order chi connectivity index (χ0) is 20.7. The van der Waals surface area contributed by atoms with Crippen molar-refractivity contribution >= 4 is 12.0 Å². The lowest BCUT2D eigenvalue weighted by Crippen LogP contribution is -2.58. The SMILES string of the molecule is N[C@]12CCC(=O)N1Cc1ccccc1C2/C=C/c1ccc(-c2cccc(F)c2)nn1. The second kappa shape index (κ2) is 7.15. The third kappa shape index (κ3) is 3.09. The Kier molecular flexibility index (Phi) is 4.44. The van der Waals surface area contributed by atoms with Gasteiger partial charge in [0.2, 0.25) is 5.91 Å². The van der Waals surface area contributed by atoms with Crippen molar-refractivity contribution < 1.29 is 9.18 Å². The van der Waals surface area contributed by atoms with Crippen molar-refractivity contribution in [2.45, 2.75) is 31.0 Å². The molecule has 2 aromatic carbocycles. The minimum atomic E-state index is -0.725. The smallest absolute Gasteiger partial charge is 0.224 e. The summed E-state index contributed by atoms with van der Waals surface area (Å²) in [6.45, 7) is 0.554. The number of halogens is 1. The van der Waals surface area contributed by atoms with Crippen molar-refractivity contribution in [1.82, 2.24) is 15.1 Å². The first kappa shape index (κ1) is 18.6. The molecule has 1 saturated heterocycles. The number of benzene rings is 2. The Hall–Kier alpha value is -3.38. The molecular weight excluding hydrogens is 379 g/mol. The van der Waals surface area contributed by atoms with Crippen LogP contribution in [0.4, 0.5) is 4.39 Å². The molecule has 0 bridgehead atoms. The summed E-state index contributed by atoms with van der Waals surface area (Å²) in [5.41, 5.74) is 10.3. The first-order valence-corrected chi connectivity index (χ1v) is 10.00. The largest absolute Gasteiger partial charge is 0.319 e. The van der Waals surface area contributed by atoms with Crippen LogP contribution in [0, 0.1) is 5.82 Å². The van der Waals surface area contributed by atoms with Gasteiger partial charge in [-0.2, -0.15) is 5.10 Å². The van der Waals surface area contributed by atoms with Crippen LogP contribution < -0.4 is 5.73 Å². The minimum absolute atomic E-state index is 0.102. The molecule has 2 N–H and O–H groups in total. The van der Waals surface area contributed by atoms with Gasteiger partial charge >= 0.3 is 0 Å². The van der Waals surface area contributed by atoms with E-state index in [0.29, 0.717) is 36.3 Å². The fraction of sp³-hybridized carbons (Fsp3) is 0.208. The summed E-state index contributed by atoms with van der Waals surface area (Å²) < 4.78 is 13.5. The number of amides is 1. The summed E-state index contributed by atoms with van der Waals surface area (Å²) in [4.78, 5) is 14.2. The zero-order valence-corrected chi connectivity index (χ0v) is 16.3. The number of carbonyl (C=O) groups is 1. The summed E-state index contributed by atoms with van der Waals surface area (Å²) in [7, 11) is 0. The van der Waals surface area contributed by atoms with Crippen molar-refractivity contribution in [3.8, 4) is 11.3 Å². The number of aromatic nitrogens is 2. The van der Waals surface area contributed by atoms with E-state index in [9.17, 15) is 9.18 Å². The predicted molar refractivity (Wildman–Crippen MR) is 112 cm³/mol. The summed E-state index contributed by atoms with van der Waals surface area (Å²) >= 11 is 0. The molecule has 6 heteroatoms. The maximum atomic E-state index is 13.5. The number of hydrogen-bond acceptors (Lipinski definition) is 4. The van der Waals surface area contributed by atoms with Crippen molar-refractivity contribution in [2.75, 3.05) is 0 Å². The number of nitrogens with zero attached hydrogens (tertiary/aromatic N) is 3. The average Bonchev–Trinajstić information content (AvgIpc) is 3.06. The van der Waals surface area contributed by atoms with E-state index in [1.165, 1.54) is 12.1 Å². The highest BCUT2D eigenvalue weighted by atomic mass is 19.1. The predicted octanol–water partition coefficient (Wildman–Crippen LogP) is 3.87. The molecule has 1 unspecified atom stereocenters. The normalized spacial score (nSPS) is 22.9. The Bertz CT molecular complexity index is 1140.